The van der Waals surface area contributed by atoms with E-state index in [1.54, 1.807) is 0 Å². The van der Waals surface area contributed by atoms with Gasteiger partial charge in [0.1, 0.15) is 0 Å². The number of ether oxygens (including phenoxy) is 1. The summed E-state index contributed by atoms with van der Waals surface area (Å²) in [6, 6.07) is 0. The minimum Gasteiger partial charge on any atom is -0.381 e. The molecule has 2 rings (SSSR count). The molecule has 110 valence electrons. The van der Waals surface area contributed by atoms with E-state index in [0.717, 1.165) is 45.7 Å². The summed E-state index contributed by atoms with van der Waals surface area (Å²) in [5.74, 6) is -0.0250. The monoisotopic (exact) mass is 269 g/mol. The number of likely N-dealkylation sites (tertiary alicyclic amines) is 1. The van der Waals surface area contributed by atoms with Crippen molar-refractivity contribution >= 4 is 5.91 Å². The third-order valence-corrected chi connectivity index (χ3v) is 4.59. The smallest absolute Gasteiger partial charge is 0.224 e. The number of amides is 1. The Morgan fingerprint density at radius 1 is 1.37 bits per heavy atom. The highest BCUT2D eigenvalue weighted by Gasteiger charge is 2.39. The first-order chi connectivity index (χ1) is 9.18. The van der Waals surface area contributed by atoms with Gasteiger partial charge in [-0.15, -0.1) is 0 Å². The molecule has 2 aliphatic rings. The highest BCUT2D eigenvalue weighted by Crippen LogP contribution is 2.30. The van der Waals surface area contributed by atoms with E-state index in [-0.39, 0.29) is 17.4 Å². The van der Waals surface area contributed by atoms with Crippen LogP contribution in [0.2, 0.25) is 0 Å². The van der Waals surface area contributed by atoms with Crippen LogP contribution >= 0.6 is 0 Å². The Morgan fingerprint density at radius 2 is 2.00 bits per heavy atom. The van der Waals surface area contributed by atoms with Gasteiger partial charge < -0.3 is 15.8 Å². The molecule has 0 aromatic carbocycles. The van der Waals surface area contributed by atoms with Gasteiger partial charge >= 0.3 is 0 Å². The molecule has 0 aliphatic carbocycles. The average Bonchev–Trinajstić information content (AvgIpc) is 2.99. The summed E-state index contributed by atoms with van der Waals surface area (Å²) in [7, 11) is 0. The third kappa shape index (κ3) is 3.46. The van der Waals surface area contributed by atoms with E-state index < -0.39 is 0 Å². The normalized spacial score (nSPS) is 25.2. The Morgan fingerprint density at radius 3 is 2.58 bits per heavy atom. The predicted octanol–water partition coefficient (Wildman–Crippen LogP) is 0.342. The SMILES string of the molecule is CC(CN)C(=O)NCC1(N2CCCC2)CCOCC1. The van der Waals surface area contributed by atoms with E-state index in [9.17, 15) is 4.79 Å². The largest absolute Gasteiger partial charge is 0.381 e. The van der Waals surface area contributed by atoms with E-state index in [4.69, 9.17) is 10.5 Å². The van der Waals surface area contributed by atoms with Crippen LogP contribution in [0.15, 0.2) is 0 Å². The molecule has 0 bridgehead atoms. The van der Waals surface area contributed by atoms with Gasteiger partial charge in [-0.25, -0.2) is 0 Å². The molecule has 3 N–H and O–H groups in total. The first kappa shape index (κ1) is 14.8. The molecule has 5 heteroatoms. The quantitative estimate of drug-likeness (QED) is 0.755. The first-order valence-electron chi connectivity index (χ1n) is 7.48. The molecule has 1 amide bonds. The zero-order chi connectivity index (χ0) is 13.7. The number of nitrogens with zero attached hydrogens (tertiary/aromatic N) is 1. The van der Waals surface area contributed by atoms with Crippen molar-refractivity contribution in [2.24, 2.45) is 11.7 Å². The van der Waals surface area contributed by atoms with Crippen molar-refractivity contribution in [2.45, 2.75) is 38.1 Å². The molecule has 0 aromatic heterocycles. The van der Waals surface area contributed by atoms with Crippen LogP contribution in [0.4, 0.5) is 0 Å². The fourth-order valence-electron chi connectivity index (χ4n) is 3.08. The maximum atomic E-state index is 11.9. The van der Waals surface area contributed by atoms with Crippen LogP contribution in [0.3, 0.4) is 0 Å². The fourth-order valence-corrected chi connectivity index (χ4v) is 3.08. The Bertz CT molecular complexity index is 297. The molecule has 5 nitrogen and oxygen atoms in total. The minimum absolute atomic E-state index is 0.0764. The van der Waals surface area contributed by atoms with Gasteiger partial charge in [-0.1, -0.05) is 6.92 Å². The van der Waals surface area contributed by atoms with Crippen LogP contribution in [-0.2, 0) is 9.53 Å². The zero-order valence-corrected chi connectivity index (χ0v) is 12.0. The van der Waals surface area contributed by atoms with E-state index in [1.807, 2.05) is 6.92 Å². The number of carbonyl (C=O) groups excluding carboxylic acids is 1. The minimum atomic E-state index is -0.101. The van der Waals surface area contributed by atoms with Gasteiger partial charge in [-0.3, -0.25) is 9.69 Å². The molecule has 0 aromatic rings. The number of carbonyl (C=O) groups is 1. The van der Waals surface area contributed by atoms with Crippen LogP contribution in [0.5, 0.6) is 0 Å². The molecule has 2 aliphatic heterocycles. The van der Waals surface area contributed by atoms with Crippen LogP contribution in [0.25, 0.3) is 0 Å². The summed E-state index contributed by atoms with van der Waals surface area (Å²) in [5, 5.41) is 3.10. The molecule has 1 unspecified atom stereocenters. The summed E-state index contributed by atoms with van der Waals surface area (Å²) in [4.78, 5) is 14.5. The second kappa shape index (κ2) is 6.68. The van der Waals surface area contributed by atoms with Crippen molar-refractivity contribution < 1.29 is 9.53 Å². The highest BCUT2D eigenvalue weighted by atomic mass is 16.5. The van der Waals surface area contributed by atoms with Gasteiger partial charge in [-0.2, -0.15) is 0 Å². The van der Waals surface area contributed by atoms with Gasteiger partial charge in [0.15, 0.2) is 0 Å². The third-order valence-electron chi connectivity index (χ3n) is 4.59. The van der Waals surface area contributed by atoms with Gasteiger partial charge in [-0.05, 0) is 38.8 Å². The number of nitrogens with two attached hydrogens (primary N) is 1. The van der Waals surface area contributed by atoms with Crippen molar-refractivity contribution in [3.05, 3.63) is 0 Å². The second-order valence-electron chi connectivity index (χ2n) is 5.89. The molecule has 19 heavy (non-hydrogen) atoms. The molecule has 1 atom stereocenters. The van der Waals surface area contributed by atoms with Gasteiger partial charge in [0.2, 0.25) is 5.91 Å². The molecule has 0 spiro atoms. The lowest BCUT2D eigenvalue weighted by atomic mass is 9.88. The summed E-state index contributed by atoms with van der Waals surface area (Å²) in [6.45, 7) is 6.94. The van der Waals surface area contributed by atoms with Crippen LogP contribution in [-0.4, -0.2) is 55.7 Å². The Hall–Kier alpha value is -0.650. The molecule has 0 saturated carbocycles. The van der Waals surface area contributed by atoms with E-state index in [2.05, 4.69) is 10.2 Å². The summed E-state index contributed by atoms with van der Waals surface area (Å²) in [6.07, 6.45) is 4.58. The van der Waals surface area contributed by atoms with Crippen LogP contribution in [0, 0.1) is 5.92 Å². The Balaban J connectivity index is 1.95. The number of nitrogens with one attached hydrogen (secondary N) is 1. The molecule has 2 heterocycles. The lowest BCUT2D eigenvalue weighted by molar-refractivity contribution is -0.125. The molecule has 0 radical (unpaired) electrons. The van der Waals surface area contributed by atoms with Crippen molar-refractivity contribution in [3.8, 4) is 0 Å². The van der Waals surface area contributed by atoms with E-state index in [1.165, 1.54) is 12.8 Å². The zero-order valence-electron chi connectivity index (χ0n) is 12.0. The lowest BCUT2D eigenvalue weighted by Crippen LogP contribution is -2.58. The predicted molar refractivity (Wildman–Crippen MR) is 74.8 cm³/mol. The maximum absolute atomic E-state index is 11.9. The maximum Gasteiger partial charge on any atom is 0.224 e. The van der Waals surface area contributed by atoms with Crippen molar-refractivity contribution in [2.75, 3.05) is 39.4 Å². The topological polar surface area (TPSA) is 67.6 Å². The van der Waals surface area contributed by atoms with Crippen molar-refractivity contribution in [1.29, 1.82) is 0 Å². The molecule has 2 saturated heterocycles. The Kier molecular flexibility index (Phi) is 5.19. The summed E-state index contributed by atoms with van der Waals surface area (Å²) in [5.41, 5.74) is 5.66. The van der Waals surface area contributed by atoms with Crippen LogP contribution < -0.4 is 11.1 Å². The molecular weight excluding hydrogens is 242 g/mol. The van der Waals surface area contributed by atoms with E-state index in [0.29, 0.717) is 6.54 Å². The van der Waals surface area contributed by atoms with Crippen molar-refractivity contribution in [3.63, 3.8) is 0 Å². The number of hydrogen-bond donors (Lipinski definition) is 2. The standard InChI is InChI=1S/C14H27N3O2/c1-12(10-15)13(18)16-11-14(4-8-19-9-5-14)17-6-2-3-7-17/h12H,2-11,15H2,1H3,(H,16,18). The first-order valence-corrected chi connectivity index (χ1v) is 7.48. The molecule has 2 fully saturated rings. The Labute approximate surface area is 115 Å². The van der Waals surface area contributed by atoms with Crippen molar-refractivity contribution in [1.82, 2.24) is 10.2 Å². The van der Waals surface area contributed by atoms with Crippen LogP contribution in [0.1, 0.15) is 32.6 Å². The molecular formula is C14H27N3O2. The number of hydrogen-bond acceptors (Lipinski definition) is 4. The van der Waals surface area contributed by atoms with E-state index >= 15 is 0 Å². The van der Waals surface area contributed by atoms with Gasteiger partial charge in [0.25, 0.3) is 0 Å². The fraction of sp³-hybridized carbons (Fsp3) is 0.929. The summed E-state index contributed by atoms with van der Waals surface area (Å²) >= 11 is 0. The second-order valence-corrected chi connectivity index (χ2v) is 5.89. The van der Waals surface area contributed by atoms with Gasteiger partial charge in [0, 0.05) is 37.8 Å². The lowest BCUT2D eigenvalue weighted by Gasteiger charge is -2.44. The number of rotatable bonds is 5. The average molecular weight is 269 g/mol. The highest BCUT2D eigenvalue weighted by molar-refractivity contribution is 5.78. The summed E-state index contributed by atoms with van der Waals surface area (Å²) < 4.78 is 5.50. The van der Waals surface area contributed by atoms with Gasteiger partial charge in [0.05, 0.1) is 0 Å².